The van der Waals surface area contributed by atoms with Crippen LogP contribution in [0.4, 0.5) is 0 Å². The third kappa shape index (κ3) is 2.88. The van der Waals surface area contributed by atoms with Gasteiger partial charge in [0.2, 0.25) is 5.43 Å². The maximum Gasteiger partial charge on any atom is 0.209 e. The van der Waals surface area contributed by atoms with Crippen LogP contribution in [-0.2, 0) is 0 Å². The molecule has 2 aromatic carbocycles. The number of rotatable bonds is 4. The molecule has 0 aliphatic heterocycles. The number of ether oxygens (including phenoxy) is 1. The molecule has 0 saturated heterocycles. The number of benzene rings is 2. The van der Waals surface area contributed by atoms with Gasteiger partial charge in [-0.2, -0.15) is 10.2 Å². The van der Waals surface area contributed by atoms with E-state index in [9.17, 15) is 4.79 Å². The predicted molar refractivity (Wildman–Crippen MR) is 98.9 cm³/mol. The maximum atomic E-state index is 12.4. The smallest absolute Gasteiger partial charge is 0.209 e. The van der Waals surface area contributed by atoms with Gasteiger partial charge >= 0.3 is 0 Å². The molecule has 6 nitrogen and oxygen atoms in total. The lowest BCUT2D eigenvalue weighted by molar-refractivity contribution is 0.414. The normalized spacial score (nSPS) is 10.7. The van der Waals surface area contributed by atoms with Crippen LogP contribution in [0.15, 0.2) is 83.9 Å². The van der Waals surface area contributed by atoms with Crippen molar-refractivity contribution in [2.45, 2.75) is 0 Å². The van der Waals surface area contributed by atoms with Crippen LogP contribution in [0.5, 0.6) is 5.75 Å². The third-order valence-corrected chi connectivity index (χ3v) is 4.03. The topological polar surface area (TPSA) is 61.9 Å². The first-order chi connectivity index (χ1) is 12.8. The van der Waals surface area contributed by atoms with Gasteiger partial charge in [0.05, 0.1) is 30.4 Å². The molecule has 2 aromatic heterocycles. The number of nitrogens with zero attached hydrogens (tertiary/aromatic N) is 4. The van der Waals surface area contributed by atoms with Crippen molar-refractivity contribution >= 4 is 0 Å². The van der Waals surface area contributed by atoms with E-state index in [1.165, 1.54) is 6.07 Å². The summed E-state index contributed by atoms with van der Waals surface area (Å²) < 4.78 is 8.56. The van der Waals surface area contributed by atoms with E-state index < -0.39 is 0 Å². The highest BCUT2D eigenvalue weighted by Gasteiger charge is 2.13. The minimum Gasteiger partial charge on any atom is -0.497 e. The number of methoxy groups -OCH3 is 1. The van der Waals surface area contributed by atoms with Crippen molar-refractivity contribution in [3.63, 3.8) is 0 Å². The largest absolute Gasteiger partial charge is 0.497 e. The van der Waals surface area contributed by atoms with E-state index in [0.29, 0.717) is 11.4 Å². The van der Waals surface area contributed by atoms with Crippen molar-refractivity contribution in [2.24, 2.45) is 0 Å². The highest BCUT2D eigenvalue weighted by molar-refractivity contribution is 5.57. The van der Waals surface area contributed by atoms with Crippen LogP contribution in [0.3, 0.4) is 0 Å². The molecule has 2 heterocycles. The Morgan fingerprint density at radius 2 is 1.65 bits per heavy atom. The first kappa shape index (κ1) is 15.8. The van der Waals surface area contributed by atoms with E-state index in [1.807, 2.05) is 54.6 Å². The first-order valence-electron chi connectivity index (χ1n) is 8.10. The second-order valence-electron chi connectivity index (χ2n) is 5.63. The highest BCUT2D eigenvalue weighted by atomic mass is 16.5. The van der Waals surface area contributed by atoms with Gasteiger partial charge in [-0.15, -0.1) is 0 Å². The van der Waals surface area contributed by atoms with Gasteiger partial charge < -0.3 is 4.74 Å². The lowest BCUT2D eigenvalue weighted by atomic mass is 10.2. The van der Waals surface area contributed by atoms with E-state index in [4.69, 9.17) is 4.74 Å². The molecule has 4 aromatic rings. The van der Waals surface area contributed by atoms with Crippen molar-refractivity contribution in [3.05, 3.63) is 89.3 Å². The van der Waals surface area contributed by atoms with Gasteiger partial charge in [-0.1, -0.05) is 18.2 Å². The number of para-hydroxylation sites is 1. The number of hydrogen-bond acceptors (Lipinski definition) is 4. The summed E-state index contributed by atoms with van der Waals surface area (Å²) in [4.78, 5) is 12.4. The monoisotopic (exact) mass is 344 g/mol. The average molecular weight is 344 g/mol. The Morgan fingerprint density at radius 1 is 0.885 bits per heavy atom. The van der Waals surface area contributed by atoms with E-state index in [0.717, 1.165) is 17.1 Å². The van der Waals surface area contributed by atoms with E-state index in [-0.39, 0.29) is 5.43 Å². The Morgan fingerprint density at radius 3 is 2.38 bits per heavy atom. The van der Waals surface area contributed by atoms with E-state index in [2.05, 4.69) is 10.2 Å². The molecule has 0 bridgehead atoms. The summed E-state index contributed by atoms with van der Waals surface area (Å²) >= 11 is 0. The first-order valence-corrected chi connectivity index (χ1v) is 8.10. The molecule has 26 heavy (non-hydrogen) atoms. The van der Waals surface area contributed by atoms with Gasteiger partial charge in [0.1, 0.15) is 5.75 Å². The van der Waals surface area contributed by atoms with E-state index in [1.54, 1.807) is 34.9 Å². The van der Waals surface area contributed by atoms with Gasteiger partial charge in [0.15, 0.2) is 5.69 Å². The summed E-state index contributed by atoms with van der Waals surface area (Å²) in [7, 11) is 1.62. The SMILES string of the molecule is COc1ccc(-n2ccc(=O)c(-c3ccnn3-c3ccccc3)n2)cc1. The fourth-order valence-electron chi connectivity index (χ4n) is 2.72. The second-order valence-corrected chi connectivity index (χ2v) is 5.63. The lowest BCUT2D eigenvalue weighted by Crippen LogP contribution is -2.14. The number of aromatic nitrogens is 4. The minimum absolute atomic E-state index is 0.160. The molecular weight excluding hydrogens is 328 g/mol. The van der Waals surface area contributed by atoms with Crippen LogP contribution in [0.2, 0.25) is 0 Å². The molecule has 0 fully saturated rings. The van der Waals surface area contributed by atoms with Crippen molar-refractivity contribution in [1.82, 2.24) is 19.6 Å². The van der Waals surface area contributed by atoms with Gasteiger partial charge in [-0.25, -0.2) is 9.36 Å². The fraction of sp³-hybridized carbons (Fsp3) is 0.0500. The molecule has 0 aliphatic rings. The summed E-state index contributed by atoms with van der Waals surface area (Å²) in [5, 5.41) is 8.87. The summed E-state index contributed by atoms with van der Waals surface area (Å²) in [6, 6.07) is 20.4. The molecule has 0 unspecified atom stereocenters. The van der Waals surface area contributed by atoms with Gasteiger partial charge in [0.25, 0.3) is 0 Å². The summed E-state index contributed by atoms with van der Waals surface area (Å²) in [6.07, 6.45) is 3.31. The summed E-state index contributed by atoms with van der Waals surface area (Å²) in [6.45, 7) is 0. The zero-order valence-electron chi connectivity index (χ0n) is 14.1. The van der Waals surface area contributed by atoms with Crippen LogP contribution in [-0.4, -0.2) is 26.7 Å². The van der Waals surface area contributed by atoms with Crippen molar-refractivity contribution in [1.29, 1.82) is 0 Å². The molecule has 0 saturated carbocycles. The Bertz CT molecular complexity index is 1080. The predicted octanol–water partition coefficient (Wildman–Crippen LogP) is 3.09. The van der Waals surface area contributed by atoms with Gasteiger partial charge in [0, 0.05) is 12.3 Å². The molecule has 0 radical (unpaired) electrons. The highest BCUT2D eigenvalue weighted by Crippen LogP contribution is 2.19. The molecule has 6 heteroatoms. The quantitative estimate of drug-likeness (QED) is 0.571. The fourth-order valence-corrected chi connectivity index (χ4v) is 2.72. The molecular formula is C20H16N4O2. The van der Waals surface area contributed by atoms with Gasteiger partial charge in [-0.3, -0.25) is 4.79 Å². The standard InChI is InChI=1S/C20H16N4O2/c1-26-17-9-7-15(8-10-17)23-14-12-19(25)20(22-23)18-11-13-21-24(18)16-5-3-2-4-6-16/h2-14H,1H3. The molecule has 0 atom stereocenters. The molecule has 0 aliphatic carbocycles. The van der Waals surface area contributed by atoms with Crippen LogP contribution in [0, 0.1) is 0 Å². The zero-order valence-corrected chi connectivity index (χ0v) is 14.1. The lowest BCUT2D eigenvalue weighted by Gasteiger charge is -2.10. The Hall–Kier alpha value is -3.67. The molecule has 4 rings (SSSR count). The van der Waals surface area contributed by atoms with Crippen molar-refractivity contribution in [2.75, 3.05) is 7.11 Å². The average Bonchev–Trinajstić information content (AvgIpc) is 3.19. The minimum atomic E-state index is -0.160. The summed E-state index contributed by atoms with van der Waals surface area (Å²) in [5.41, 5.74) is 2.52. The van der Waals surface area contributed by atoms with Crippen LogP contribution < -0.4 is 10.2 Å². The molecule has 0 spiro atoms. The molecule has 0 amide bonds. The Labute approximate surface area is 149 Å². The Balaban J connectivity index is 1.81. The van der Waals surface area contributed by atoms with Crippen LogP contribution >= 0.6 is 0 Å². The molecule has 128 valence electrons. The second kappa shape index (κ2) is 6.68. The Kier molecular flexibility index (Phi) is 4.07. The zero-order chi connectivity index (χ0) is 17.9. The van der Waals surface area contributed by atoms with Gasteiger partial charge in [-0.05, 0) is 42.5 Å². The number of hydrogen-bond donors (Lipinski definition) is 0. The van der Waals surface area contributed by atoms with Crippen LogP contribution in [0.25, 0.3) is 22.8 Å². The third-order valence-electron chi connectivity index (χ3n) is 4.03. The summed E-state index contributed by atoms with van der Waals surface area (Å²) in [5.74, 6) is 0.761. The maximum absolute atomic E-state index is 12.4. The van der Waals surface area contributed by atoms with E-state index >= 15 is 0 Å². The van der Waals surface area contributed by atoms with Crippen LogP contribution in [0.1, 0.15) is 0 Å². The van der Waals surface area contributed by atoms with Crippen molar-refractivity contribution < 1.29 is 4.74 Å². The molecule has 0 N–H and O–H groups in total. The van der Waals surface area contributed by atoms with Crippen molar-refractivity contribution in [3.8, 4) is 28.5 Å².